The van der Waals surface area contributed by atoms with Crippen LogP contribution in [0, 0.1) is 29.7 Å². The molecule has 2 atom stereocenters. The van der Waals surface area contributed by atoms with Crippen LogP contribution < -0.4 is 0 Å². The molecule has 0 heterocycles. The summed E-state index contributed by atoms with van der Waals surface area (Å²) in [5, 5.41) is 0. The maximum Gasteiger partial charge on any atom is 0.233 e. The van der Waals surface area contributed by atoms with Crippen LogP contribution in [0.3, 0.4) is 0 Å². The SMILES string of the molecule is [C-]#[N+]C12CC3CC(C1)C(C)(CC)C(C3)C2. The third kappa shape index (κ3) is 1.09. The lowest BCUT2D eigenvalue weighted by molar-refractivity contribution is -0.0999. The molecule has 0 aromatic heterocycles. The highest BCUT2D eigenvalue weighted by molar-refractivity contribution is 5.16. The number of rotatable bonds is 1. The molecule has 2 unspecified atom stereocenters. The summed E-state index contributed by atoms with van der Waals surface area (Å²) in [6, 6.07) is 0. The maximum atomic E-state index is 7.49. The second-order valence-electron chi connectivity index (χ2n) is 6.54. The lowest BCUT2D eigenvalue weighted by Crippen LogP contribution is -2.57. The van der Waals surface area contributed by atoms with E-state index in [1.807, 2.05) is 0 Å². The lowest BCUT2D eigenvalue weighted by atomic mass is 9.43. The molecule has 0 aliphatic heterocycles. The van der Waals surface area contributed by atoms with E-state index < -0.39 is 0 Å². The number of nitrogens with zero attached hydrogens (tertiary/aromatic N) is 1. The van der Waals surface area contributed by atoms with Gasteiger partial charge in [-0.05, 0) is 36.0 Å². The molecule has 4 fully saturated rings. The van der Waals surface area contributed by atoms with Gasteiger partial charge in [0.15, 0.2) is 0 Å². The Kier molecular flexibility index (Phi) is 1.80. The van der Waals surface area contributed by atoms with Gasteiger partial charge in [-0.25, -0.2) is 6.57 Å². The van der Waals surface area contributed by atoms with Crippen molar-refractivity contribution in [3.63, 3.8) is 0 Å². The fraction of sp³-hybridized carbons (Fsp3) is 0.929. The van der Waals surface area contributed by atoms with E-state index in [4.69, 9.17) is 6.57 Å². The molecule has 0 radical (unpaired) electrons. The summed E-state index contributed by atoms with van der Waals surface area (Å²) in [5.41, 5.74) is 0.663. The van der Waals surface area contributed by atoms with Gasteiger partial charge in [0.1, 0.15) is 0 Å². The third-order valence-corrected chi connectivity index (χ3v) is 6.02. The molecular weight excluding hydrogens is 182 g/mol. The van der Waals surface area contributed by atoms with Crippen LogP contribution in [0.1, 0.15) is 52.4 Å². The minimum atomic E-state index is 0.0885. The molecule has 4 saturated carbocycles. The quantitative estimate of drug-likeness (QED) is 0.569. The molecule has 0 N–H and O–H groups in total. The van der Waals surface area contributed by atoms with E-state index in [-0.39, 0.29) is 5.54 Å². The minimum Gasteiger partial charge on any atom is -0.310 e. The standard InChI is InChI=1S/C14H21N/c1-4-13(2)11-5-10-6-12(13)9-14(7-10,8-11)15-3/h10-12H,4-9H2,1-2H3. The Hall–Kier alpha value is -0.510. The molecule has 1 nitrogen and oxygen atoms in total. The van der Waals surface area contributed by atoms with Crippen molar-refractivity contribution < 1.29 is 0 Å². The lowest BCUT2D eigenvalue weighted by Gasteiger charge is -2.60. The highest BCUT2D eigenvalue weighted by Crippen LogP contribution is 2.65. The zero-order valence-electron chi connectivity index (χ0n) is 9.92. The number of hydrogen-bond acceptors (Lipinski definition) is 0. The van der Waals surface area contributed by atoms with E-state index in [0.717, 1.165) is 17.8 Å². The molecule has 4 rings (SSSR count). The van der Waals surface area contributed by atoms with E-state index in [9.17, 15) is 0 Å². The molecule has 4 aliphatic carbocycles. The normalized spacial score (nSPS) is 56.7. The van der Waals surface area contributed by atoms with Crippen LogP contribution in [0.25, 0.3) is 4.85 Å². The molecule has 0 amide bonds. The highest BCUT2D eigenvalue weighted by Gasteiger charge is 2.63. The summed E-state index contributed by atoms with van der Waals surface area (Å²) in [6.07, 6.45) is 7.84. The Morgan fingerprint density at radius 2 is 1.80 bits per heavy atom. The zero-order chi connectivity index (χ0) is 10.7. The summed E-state index contributed by atoms with van der Waals surface area (Å²) in [5.74, 6) is 2.63. The molecule has 0 spiro atoms. The summed E-state index contributed by atoms with van der Waals surface area (Å²) in [4.78, 5) is 4.03. The fourth-order valence-corrected chi connectivity index (χ4v) is 4.99. The Balaban J connectivity index is 1.99. The summed E-state index contributed by atoms with van der Waals surface area (Å²) >= 11 is 0. The molecule has 4 aliphatic rings. The predicted octanol–water partition coefficient (Wildman–Crippen LogP) is 3.90. The van der Waals surface area contributed by atoms with Gasteiger partial charge in [-0.15, -0.1) is 0 Å². The van der Waals surface area contributed by atoms with Crippen molar-refractivity contribution in [2.45, 2.75) is 57.9 Å². The molecule has 0 saturated heterocycles. The first-order chi connectivity index (χ1) is 7.12. The Labute approximate surface area is 93.1 Å². The average Bonchev–Trinajstić information content (AvgIpc) is 2.25. The van der Waals surface area contributed by atoms with Crippen LogP contribution in [0.4, 0.5) is 0 Å². The van der Waals surface area contributed by atoms with Crippen molar-refractivity contribution in [2.24, 2.45) is 23.2 Å². The van der Waals surface area contributed by atoms with Crippen LogP contribution in [0.5, 0.6) is 0 Å². The molecule has 0 aromatic rings. The monoisotopic (exact) mass is 203 g/mol. The molecular formula is C14H21N. The molecule has 82 valence electrons. The van der Waals surface area contributed by atoms with Crippen LogP contribution in [0.15, 0.2) is 0 Å². The summed E-state index contributed by atoms with van der Waals surface area (Å²) < 4.78 is 0. The van der Waals surface area contributed by atoms with Crippen LogP contribution in [0.2, 0.25) is 0 Å². The summed E-state index contributed by atoms with van der Waals surface area (Å²) in [7, 11) is 0. The Morgan fingerprint density at radius 1 is 1.20 bits per heavy atom. The van der Waals surface area contributed by atoms with Gasteiger partial charge in [0, 0.05) is 19.3 Å². The highest BCUT2D eigenvalue weighted by atomic mass is 14.9. The van der Waals surface area contributed by atoms with E-state index in [0.29, 0.717) is 5.41 Å². The van der Waals surface area contributed by atoms with Crippen LogP contribution >= 0.6 is 0 Å². The fourth-order valence-electron chi connectivity index (χ4n) is 4.99. The maximum absolute atomic E-state index is 7.49. The zero-order valence-corrected chi connectivity index (χ0v) is 9.92. The second kappa shape index (κ2) is 2.78. The van der Waals surface area contributed by atoms with Gasteiger partial charge in [0.25, 0.3) is 0 Å². The van der Waals surface area contributed by atoms with Gasteiger partial charge in [0.05, 0.1) is 0 Å². The topological polar surface area (TPSA) is 4.36 Å². The van der Waals surface area contributed by atoms with E-state index in [2.05, 4.69) is 18.7 Å². The average molecular weight is 203 g/mol. The van der Waals surface area contributed by atoms with Gasteiger partial charge in [0.2, 0.25) is 5.54 Å². The van der Waals surface area contributed by atoms with E-state index >= 15 is 0 Å². The van der Waals surface area contributed by atoms with Gasteiger partial charge in [-0.3, -0.25) is 0 Å². The van der Waals surface area contributed by atoms with Crippen molar-refractivity contribution in [2.75, 3.05) is 0 Å². The largest absolute Gasteiger partial charge is 0.310 e. The van der Waals surface area contributed by atoms with Gasteiger partial charge in [-0.1, -0.05) is 20.3 Å². The van der Waals surface area contributed by atoms with Crippen LogP contribution in [-0.4, -0.2) is 5.54 Å². The first-order valence-electron chi connectivity index (χ1n) is 6.50. The van der Waals surface area contributed by atoms with Crippen molar-refractivity contribution in [3.05, 3.63) is 11.4 Å². The van der Waals surface area contributed by atoms with Crippen molar-refractivity contribution >= 4 is 0 Å². The van der Waals surface area contributed by atoms with Crippen LogP contribution in [-0.2, 0) is 0 Å². The molecule has 4 bridgehead atoms. The van der Waals surface area contributed by atoms with Crippen molar-refractivity contribution in [3.8, 4) is 0 Å². The van der Waals surface area contributed by atoms with Crippen molar-refractivity contribution in [1.29, 1.82) is 0 Å². The van der Waals surface area contributed by atoms with E-state index in [1.54, 1.807) is 0 Å². The minimum absolute atomic E-state index is 0.0885. The summed E-state index contributed by atoms with van der Waals surface area (Å²) in [6.45, 7) is 12.3. The molecule has 0 aromatic carbocycles. The first kappa shape index (κ1) is 9.70. The Morgan fingerprint density at radius 3 is 2.27 bits per heavy atom. The van der Waals surface area contributed by atoms with Gasteiger partial charge < -0.3 is 4.85 Å². The smallest absolute Gasteiger partial charge is 0.233 e. The molecule has 1 heteroatoms. The first-order valence-corrected chi connectivity index (χ1v) is 6.50. The molecule has 15 heavy (non-hydrogen) atoms. The van der Waals surface area contributed by atoms with Crippen molar-refractivity contribution in [1.82, 2.24) is 0 Å². The Bertz CT molecular complexity index is 309. The predicted molar refractivity (Wildman–Crippen MR) is 61.3 cm³/mol. The van der Waals surface area contributed by atoms with E-state index in [1.165, 1.54) is 38.5 Å². The third-order valence-electron chi connectivity index (χ3n) is 6.02. The van der Waals surface area contributed by atoms with Gasteiger partial charge in [-0.2, -0.15) is 0 Å². The second-order valence-corrected chi connectivity index (χ2v) is 6.54. The van der Waals surface area contributed by atoms with Gasteiger partial charge >= 0.3 is 0 Å². The number of hydrogen-bond donors (Lipinski definition) is 0.